The Morgan fingerprint density at radius 2 is 1.79 bits per heavy atom. The maximum Gasteiger partial charge on any atom is 0.315 e. The first-order valence-corrected chi connectivity index (χ1v) is 23.6. The lowest BCUT2D eigenvalue weighted by Crippen LogP contribution is -2.67. The van der Waals surface area contributed by atoms with Crippen molar-refractivity contribution < 1.29 is 14.3 Å². The topological polar surface area (TPSA) is 63.7 Å². The first-order valence-electron chi connectivity index (χ1n) is 21.6. The highest BCUT2D eigenvalue weighted by atomic mass is 32.2. The quantitative estimate of drug-likeness (QED) is 0.238. The molecule has 0 radical (unpaired) electrons. The first-order chi connectivity index (χ1) is 25.5. The van der Waals surface area contributed by atoms with Gasteiger partial charge in [-0.1, -0.05) is 46.3 Å². The number of aryl methyl sites for hydroxylation is 1. The second-order valence-electron chi connectivity index (χ2n) is 19.4. The van der Waals surface area contributed by atoms with Gasteiger partial charge in [0.15, 0.2) is 0 Å². The number of allylic oxidation sites excluding steroid dienone is 4. The molecule has 1 aliphatic heterocycles. The molecule has 2 heterocycles. The predicted molar refractivity (Wildman–Crippen MR) is 220 cm³/mol. The number of carbonyl (C=O) groups excluding carboxylic acids is 1. The van der Waals surface area contributed by atoms with Crippen LogP contribution in [0.15, 0.2) is 29.4 Å². The van der Waals surface area contributed by atoms with Crippen LogP contribution >= 0.6 is 23.3 Å². The molecular weight excluding hydrogens is 695 g/mol. The van der Waals surface area contributed by atoms with E-state index in [0.717, 1.165) is 41.4 Å². The summed E-state index contributed by atoms with van der Waals surface area (Å²) in [5.41, 5.74) is 3.98. The van der Waals surface area contributed by atoms with E-state index in [2.05, 4.69) is 66.2 Å². The first kappa shape index (κ1) is 38.5. The van der Waals surface area contributed by atoms with Crippen LogP contribution in [-0.2, 0) is 9.53 Å². The summed E-state index contributed by atoms with van der Waals surface area (Å²) in [5.74, 6) is 6.90. The van der Waals surface area contributed by atoms with Crippen LogP contribution in [-0.4, -0.2) is 71.7 Å². The Bertz CT molecular complexity index is 1570. The van der Waals surface area contributed by atoms with Gasteiger partial charge in [-0.15, -0.1) is 0 Å². The van der Waals surface area contributed by atoms with Gasteiger partial charge in [-0.25, -0.2) is 0 Å². The lowest BCUT2D eigenvalue weighted by Gasteiger charge is -2.71. The molecular formula is C45H69N3O3S2. The number of nitrogens with one attached hydrogen (secondary N) is 1. The van der Waals surface area contributed by atoms with E-state index in [-0.39, 0.29) is 5.97 Å². The molecule has 10 atom stereocenters. The molecule has 53 heavy (non-hydrogen) atoms. The van der Waals surface area contributed by atoms with E-state index < -0.39 is 5.41 Å². The zero-order chi connectivity index (χ0) is 37.1. The Labute approximate surface area is 329 Å². The lowest BCUT2D eigenvalue weighted by molar-refractivity contribution is -0.212. The molecule has 1 saturated heterocycles. The third-order valence-electron chi connectivity index (χ3n) is 17.4. The van der Waals surface area contributed by atoms with E-state index in [1.807, 2.05) is 19.9 Å². The number of thioether (sulfide) groups is 1. The number of nitrogens with zero attached hydrogens (tertiary/aromatic N) is 2. The fourth-order valence-corrected chi connectivity index (χ4v) is 15.7. The van der Waals surface area contributed by atoms with Crippen molar-refractivity contribution in [3.63, 3.8) is 0 Å². The number of hydrogen-bond donors (Lipinski definition) is 1. The molecule has 5 fully saturated rings. The van der Waals surface area contributed by atoms with Gasteiger partial charge < -0.3 is 19.7 Å². The minimum atomic E-state index is -0.649. The van der Waals surface area contributed by atoms with E-state index in [1.165, 1.54) is 119 Å². The van der Waals surface area contributed by atoms with Crippen LogP contribution < -0.4 is 10.1 Å². The molecule has 4 saturated carbocycles. The molecule has 6 nitrogen and oxygen atoms in total. The number of rotatable bonds is 10. The van der Waals surface area contributed by atoms with E-state index in [1.54, 1.807) is 5.57 Å². The molecule has 0 amide bonds. The second kappa shape index (κ2) is 14.9. The van der Waals surface area contributed by atoms with Crippen molar-refractivity contribution in [2.24, 2.45) is 51.2 Å². The molecule has 8 heteroatoms. The highest BCUT2D eigenvalue weighted by Gasteiger charge is 2.68. The Morgan fingerprint density at radius 1 is 0.962 bits per heavy atom. The van der Waals surface area contributed by atoms with E-state index in [0.29, 0.717) is 53.2 Å². The molecule has 7 aliphatic rings. The van der Waals surface area contributed by atoms with Crippen LogP contribution in [0.4, 0.5) is 0 Å². The van der Waals surface area contributed by atoms with Crippen LogP contribution in [0.5, 0.6) is 5.88 Å². The van der Waals surface area contributed by atoms with Crippen molar-refractivity contribution in [3.05, 3.63) is 34.2 Å². The van der Waals surface area contributed by atoms with Crippen molar-refractivity contribution in [1.29, 1.82) is 0 Å². The molecule has 0 bridgehead atoms. The number of carbonyl (C=O) groups is 1. The Kier molecular flexibility index (Phi) is 10.8. The molecule has 0 spiro atoms. The zero-order valence-corrected chi connectivity index (χ0v) is 35.5. The highest BCUT2D eigenvalue weighted by molar-refractivity contribution is 7.99. The largest absolute Gasteiger partial charge is 0.476 e. The standard InChI is InChI=1S/C45H69N3O3S2/c1-7-50-40(49)44(30-51-39-29-31(2)53-47-39)19-12-33(13-20-44)34-14-17-41(4)35(32(34)3)15-18-43(6)38(41)11-10-36-37-9-8-16-45(37,22-21-42(36,43)5)46-23-24-48-25-27-52-28-26-48/h12,14,29,32,35-38,46H,7-11,13,15-28,30H2,1-6H3/t32?,35?,36?,37?,38?,41?,42-,43?,44?,45?/m1/s1. The van der Waals surface area contributed by atoms with Gasteiger partial charge in [0.1, 0.15) is 12.0 Å². The van der Waals surface area contributed by atoms with Crippen molar-refractivity contribution in [3.8, 4) is 5.88 Å². The number of hydrogen-bond acceptors (Lipinski definition) is 8. The average Bonchev–Trinajstić information content (AvgIpc) is 3.78. The Balaban J connectivity index is 0.974. The van der Waals surface area contributed by atoms with E-state index in [9.17, 15) is 4.79 Å². The van der Waals surface area contributed by atoms with Gasteiger partial charge in [-0.3, -0.25) is 4.79 Å². The van der Waals surface area contributed by atoms with Gasteiger partial charge in [-0.2, -0.15) is 16.1 Å². The van der Waals surface area contributed by atoms with Gasteiger partial charge in [0.05, 0.1) is 6.61 Å². The maximum atomic E-state index is 13.4. The third kappa shape index (κ3) is 6.51. The number of ether oxygens (including phenoxy) is 2. The summed E-state index contributed by atoms with van der Waals surface area (Å²) in [6, 6.07) is 1.96. The summed E-state index contributed by atoms with van der Waals surface area (Å²) < 4.78 is 16.2. The fraction of sp³-hybridized carbons (Fsp3) is 0.822. The van der Waals surface area contributed by atoms with Gasteiger partial charge in [-0.05, 0) is 159 Å². The average molecular weight is 764 g/mol. The molecule has 0 aromatic carbocycles. The van der Waals surface area contributed by atoms with Crippen LogP contribution in [0.3, 0.4) is 0 Å². The van der Waals surface area contributed by atoms with Crippen molar-refractivity contribution >= 4 is 29.3 Å². The summed E-state index contributed by atoms with van der Waals surface area (Å²) in [7, 11) is 0. The maximum absolute atomic E-state index is 13.4. The summed E-state index contributed by atoms with van der Waals surface area (Å²) in [4.78, 5) is 17.3. The Hall–Kier alpha value is -1.35. The van der Waals surface area contributed by atoms with Crippen LogP contribution in [0, 0.1) is 58.2 Å². The third-order valence-corrected chi connectivity index (χ3v) is 19.0. The zero-order valence-electron chi connectivity index (χ0n) is 33.9. The Morgan fingerprint density at radius 3 is 2.53 bits per heavy atom. The normalized spacial score (nSPS) is 42.7. The van der Waals surface area contributed by atoms with Crippen molar-refractivity contribution in [2.75, 3.05) is 50.9 Å². The minimum absolute atomic E-state index is 0.124. The monoisotopic (exact) mass is 763 g/mol. The smallest absolute Gasteiger partial charge is 0.315 e. The molecule has 9 unspecified atom stereocenters. The molecule has 6 aliphatic carbocycles. The number of esters is 1. The summed E-state index contributed by atoms with van der Waals surface area (Å²) in [6.45, 7) is 20.5. The predicted octanol–water partition coefficient (Wildman–Crippen LogP) is 9.88. The molecule has 8 rings (SSSR count). The summed E-state index contributed by atoms with van der Waals surface area (Å²) in [5, 5.41) is 4.31. The number of fused-ring (bicyclic) bond motifs is 7. The fourth-order valence-electron chi connectivity index (χ4n) is 14.3. The second-order valence-corrected chi connectivity index (χ2v) is 21.6. The van der Waals surface area contributed by atoms with E-state index in [4.69, 9.17) is 9.47 Å². The van der Waals surface area contributed by atoms with Crippen molar-refractivity contribution in [1.82, 2.24) is 14.6 Å². The number of aromatic nitrogens is 1. The van der Waals surface area contributed by atoms with Crippen LogP contribution in [0.2, 0.25) is 0 Å². The minimum Gasteiger partial charge on any atom is -0.476 e. The highest BCUT2D eigenvalue weighted by Crippen LogP contribution is 2.75. The SMILES string of the molecule is CCOC(=O)C1(COc2cc(C)sn2)CC=C(C2=CCC3(C)C(CCC4(C)C3CCC3C5CCCC5(NCCN5CCSCC5)CC[C@]34C)C2C)CC1. The lowest BCUT2D eigenvalue weighted by atomic mass is 9.34. The van der Waals surface area contributed by atoms with Crippen molar-refractivity contribution in [2.45, 2.75) is 131 Å². The van der Waals surface area contributed by atoms with Gasteiger partial charge >= 0.3 is 5.97 Å². The molecule has 1 aromatic heterocycles. The van der Waals surface area contributed by atoms with Gasteiger partial charge in [0, 0.05) is 54.2 Å². The van der Waals surface area contributed by atoms with Gasteiger partial charge in [0.2, 0.25) is 5.88 Å². The molecule has 1 aromatic rings. The molecule has 294 valence electrons. The van der Waals surface area contributed by atoms with E-state index >= 15 is 0 Å². The van der Waals surface area contributed by atoms with Crippen LogP contribution in [0.25, 0.3) is 0 Å². The molecule has 1 N–H and O–H groups in total. The van der Waals surface area contributed by atoms with Crippen LogP contribution in [0.1, 0.15) is 123 Å². The summed E-state index contributed by atoms with van der Waals surface area (Å²) >= 11 is 3.57. The van der Waals surface area contributed by atoms with Gasteiger partial charge in [0.25, 0.3) is 0 Å². The summed E-state index contributed by atoms with van der Waals surface area (Å²) in [6.07, 6.45) is 21.3.